The number of nitrogens with two attached hydrogens (primary N) is 1. The van der Waals surface area contributed by atoms with Gasteiger partial charge in [0.25, 0.3) is 0 Å². The van der Waals surface area contributed by atoms with Gasteiger partial charge in [-0.15, -0.1) is 0 Å². The fraction of sp³-hybridized carbons (Fsp3) is 0.571. The van der Waals surface area contributed by atoms with Crippen LogP contribution in [0.2, 0.25) is 0 Å². The summed E-state index contributed by atoms with van der Waals surface area (Å²) in [5.41, 5.74) is 10.1. The number of hydrogen-bond acceptors (Lipinski definition) is 2. The molecule has 1 aromatic carbocycles. The van der Waals surface area contributed by atoms with Gasteiger partial charge in [0.15, 0.2) is 0 Å². The van der Waals surface area contributed by atoms with Crippen LogP contribution in [0.15, 0.2) is 18.2 Å². The number of hydrogen-bond donors (Lipinski definition) is 1. The molecule has 0 aliphatic carbocycles. The first-order chi connectivity index (χ1) is 7.58. The summed E-state index contributed by atoms with van der Waals surface area (Å²) in [6.45, 7) is 7.72. The maximum Gasteiger partial charge on any atom is 0.0400 e. The Bertz CT molecular complexity index is 373. The molecule has 1 aliphatic heterocycles. The summed E-state index contributed by atoms with van der Waals surface area (Å²) >= 11 is 0. The summed E-state index contributed by atoms with van der Waals surface area (Å²) in [6, 6.07) is 7.63. The molecule has 1 saturated heterocycles. The predicted molar refractivity (Wildman–Crippen MR) is 69.9 cm³/mol. The Hall–Kier alpha value is -1.02. The smallest absolute Gasteiger partial charge is 0.0400 e. The van der Waals surface area contributed by atoms with Crippen LogP contribution < -0.4 is 10.6 Å². The predicted octanol–water partition coefficient (Wildman–Crippen LogP) is 2.62. The average Bonchev–Trinajstić information content (AvgIpc) is 2.22. The Morgan fingerprint density at radius 1 is 1.31 bits per heavy atom. The van der Waals surface area contributed by atoms with E-state index in [9.17, 15) is 0 Å². The Balaban J connectivity index is 2.26. The van der Waals surface area contributed by atoms with Crippen LogP contribution in [0.5, 0.6) is 0 Å². The summed E-state index contributed by atoms with van der Waals surface area (Å²) < 4.78 is 0. The van der Waals surface area contributed by atoms with Crippen LogP contribution in [0.25, 0.3) is 0 Å². The van der Waals surface area contributed by atoms with E-state index < -0.39 is 0 Å². The highest BCUT2D eigenvalue weighted by Gasteiger charge is 2.24. The molecule has 0 spiro atoms. The summed E-state index contributed by atoms with van der Waals surface area (Å²) in [7, 11) is 0. The third kappa shape index (κ3) is 2.22. The molecular formula is C14H22N2. The van der Waals surface area contributed by atoms with Gasteiger partial charge < -0.3 is 10.6 Å². The van der Waals surface area contributed by atoms with Gasteiger partial charge in [-0.25, -0.2) is 0 Å². The van der Waals surface area contributed by atoms with Gasteiger partial charge in [0.2, 0.25) is 0 Å². The third-order valence-corrected chi connectivity index (χ3v) is 3.59. The Morgan fingerprint density at radius 3 is 2.75 bits per heavy atom. The molecule has 2 nitrogen and oxygen atoms in total. The van der Waals surface area contributed by atoms with Crippen LogP contribution in [0.3, 0.4) is 0 Å². The Labute approximate surface area is 98.4 Å². The maximum absolute atomic E-state index is 6.01. The average molecular weight is 218 g/mol. The topological polar surface area (TPSA) is 29.3 Å². The lowest BCUT2D eigenvalue weighted by Gasteiger charge is -2.39. The summed E-state index contributed by atoms with van der Waals surface area (Å²) in [5.74, 6) is 0. The molecule has 0 bridgehead atoms. The molecule has 0 radical (unpaired) electrons. The second-order valence-corrected chi connectivity index (χ2v) is 5.12. The van der Waals surface area contributed by atoms with E-state index in [1.54, 1.807) is 0 Å². The molecule has 1 aromatic rings. The second kappa shape index (κ2) is 4.46. The normalized spacial score (nSPS) is 25.9. The Kier molecular flexibility index (Phi) is 3.20. The summed E-state index contributed by atoms with van der Waals surface area (Å²) in [6.07, 6.45) is 2.21. The van der Waals surface area contributed by atoms with Gasteiger partial charge in [-0.1, -0.05) is 12.1 Å². The lowest BCUT2D eigenvalue weighted by Crippen LogP contribution is -2.45. The van der Waals surface area contributed by atoms with Crippen molar-refractivity contribution in [3.05, 3.63) is 29.3 Å². The van der Waals surface area contributed by atoms with Crippen molar-refractivity contribution in [3.8, 4) is 0 Å². The maximum atomic E-state index is 6.01. The van der Waals surface area contributed by atoms with Gasteiger partial charge in [-0.05, 0) is 50.8 Å². The van der Waals surface area contributed by atoms with Crippen molar-refractivity contribution in [1.82, 2.24) is 0 Å². The molecule has 1 heterocycles. The van der Waals surface area contributed by atoms with E-state index in [2.05, 4.69) is 43.9 Å². The lowest BCUT2D eigenvalue weighted by molar-refractivity contribution is 0.429. The summed E-state index contributed by atoms with van der Waals surface area (Å²) in [5, 5.41) is 0. The number of aryl methyl sites for hydroxylation is 2. The van der Waals surface area contributed by atoms with E-state index in [0.717, 1.165) is 19.4 Å². The van der Waals surface area contributed by atoms with Crippen molar-refractivity contribution in [2.45, 2.75) is 45.7 Å². The zero-order chi connectivity index (χ0) is 11.7. The second-order valence-electron chi connectivity index (χ2n) is 5.12. The molecule has 2 atom stereocenters. The highest BCUT2D eigenvalue weighted by Crippen LogP contribution is 2.27. The highest BCUT2D eigenvalue weighted by atomic mass is 15.2. The highest BCUT2D eigenvalue weighted by molar-refractivity contribution is 5.56. The van der Waals surface area contributed by atoms with E-state index >= 15 is 0 Å². The number of piperidine rings is 1. The van der Waals surface area contributed by atoms with Crippen molar-refractivity contribution < 1.29 is 0 Å². The van der Waals surface area contributed by atoms with Crippen molar-refractivity contribution in [3.63, 3.8) is 0 Å². The van der Waals surface area contributed by atoms with Crippen LogP contribution in [0.4, 0.5) is 5.69 Å². The number of nitrogens with zero attached hydrogens (tertiary/aromatic N) is 1. The molecule has 2 rings (SSSR count). The van der Waals surface area contributed by atoms with E-state index in [4.69, 9.17) is 5.73 Å². The fourth-order valence-corrected chi connectivity index (χ4v) is 2.60. The van der Waals surface area contributed by atoms with Crippen molar-refractivity contribution in [1.29, 1.82) is 0 Å². The number of benzene rings is 1. The quantitative estimate of drug-likeness (QED) is 0.785. The SMILES string of the molecule is Cc1ccc(C)c(N2CCC(N)CC2C)c1. The fourth-order valence-electron chi connectivity index (χ4n) is 2.60. The molecule has 1 fully saturated rings. The monoisotopic (exact) mass is 218 g/mol. The van der Waals surface area contributed by atoms with Crippen molar-refractivity contribution in [2.75, 3.05) is 11.4 Å². The lowest BCUT2D eigenvalue weighted by atomic mass is 9.97. The molecule has 0 aromatic heterocycles. The van der Waals surface area contributed by atoms with Crippen molar-refractivity contribution >= 4 is 5.69 Å². The molecular weight excluding hydrogens is 196 g/mol. The first kappa shape index (κ1) is 11.5. The molecule has 2 unspecified atom stereocenters. The summed E-state index contributed by atoms with van der Waals surface area (Å²) in [4.78, 5) is 2.51. The zero-order valence-electron chi connectivity index (χ0n) is 10.5. The van der Waals surface area contributed by atoms with Gasteiger partial charge in [-0.2, -0.15) is 0 Å². The molecule has 2 heteroatoms. The minimum Gasteiger partial charge on any atom is -0.368 e. The van der Waals surface area contributed by atoms with E-state index in [1.807, 2.05) is 0 Å². The largest absolute Gasteiger partial charge is 0.368 e. The van der Waals surface area contributed by atoms with Gasteiger partial charge in [0, 0.05) is 24.3 Å². The van der Waals surface area contributed by atoms with Gasteiger partial charge in [0.05, 0.1) is 0 Å². The molecule has 1 aliphatic rings. The zero-order valence-corrected chi connectivity index (χ0v) is 10.5. The molecule has 0 amide bonds. The van der Waals surface area contributed by atoms with Gasteiger partial charge in [-0.3, -0.25) is 0 Å². The molecule has 2 N–H and O–H groups in total. The minimum atomic E-state index is 0.386. The van der Waals surface area contributed by atoms with Crippen LogP contribution in [-0.2, 0) is 0 Å². The van der Waals surface area contributed by atoms with E-state index in [0.29, 0.717) is 12.1 Å². The van der Waals surface area contributed by atoms with Crippen LogP contribution in [0.1, 0.15) is 30.9 Å². The third-order valence-electron chi connectivity index (χ3n) is 3.59. The molecule has 0 saturated carbocycles. The number of anilines is 1. The van der Waals surface area contributed by atoms with Crippen LogP contribution in [-0.4, -0.2) is 18.6 Å². The van der Waals surface area contributed by atoms with Gasteiger partial charge >= 0.3 is 0 Å². The molecule has 16 heavy (non-hydrogen) atoms. The van der Waals surface area contributed by atoms with Gasteiger partial charge in [0.1, 0.15) is 0 Å². The van der Waals surface area contributed by atoms with Crippen LogP contribution >= 0.6 is 0 Å². The Morgan fingerprint density at radius 2 is 2.06 bits per heavy atom. The van der Waals surface area contributed by atoms with Crippen LogP contribution in [0, 0.1) is 13.8 Å². The van der Waals surface area contributed by atoms with Crippen molar-refractivity contribution in [2.24, 2.45) is 5.73 Å². The van der Waals surface area contributed by atoms with E-state index in [1.165, 1.54) is 16.8 Å². The first-order valence-electron chi connectivity index (χ1n) is 6.17. The first-order valence-corrected chi connectivity index (χ1v) is 6.17. The standard InChI is InChI=1S/C14H22N2/c1-10-4-5-11(2)14(8-10)16-7-6-13(15)9-12(16)3/h4-5,8,12-13H,6-7,9,15H2,1-3H3. The minimum absolute atomic E-state index is 0.386. The molecule has 88 valence electrons. The number of rotatable bonds is 1. The van der Waals surface area contributed by atoms with E-state index in [-0.39, 0.29) is 0 Å².